The summed E-state index contributed by atoms with van der Waals surface area (Å²) in [6, 6.07) is 6.48. The number of hydrogen-bond donors (Lipinski definition) is 0. The summed E-state index contributed by atoms with van der Waals surface area (Å²) in [6.07, 6.45) is 3.57. The Labute approximate surface area is 151 Å². The summed E-state index contributed by atoms with van der Waals surface area (Å²) in [5.41, 5.74) is 1.43. The van der Waals surface area contributed by atoms with Gasteiger partial charge in [-0.3, -0.25) is 9.69 Å². The van der Waals surface area contributed by atoms with Gasteiger partial charge in [0.2, 0.25) is 0 Å². The van der Waals surface area contributed by atoms with Crippen LogP contribution in [0.15, 0.2) is 23.6 Å². The van der Waals surface area contributed by atoms with E-state index in [1.165, 1.54) is 21.7 Å². The zero-order valence-electron chi connectivity index (χ0n) is 14.2. The number of rotatable bonds is 3. The number of thiophene rings is 2. The summed E-state index contributed by atoms with van der Waals surface area (Å²) in [7, 11) is 0. The summed E-state index contributed by atoms with van der Waals surface area (Å²) in [5, 5.41) is 2.13. The molecular formula is C19H24N2OS2. The molecule has 4 rings (SSSR count). The van der Waals surface area contributed by atoms with E-state index in [1.54, 1.807) is 11.3 Å². The molecule has 0 spiro atoms. The van der Waals surface area contributed by atoms with Gasteiger partial charge < -0.3 is 4.90 Å². The van der Waals surface area contributed by atoms with Gasteiger partial charge in [-0.1, -0.05) is 13.0 Å². The molecule has 2 aromatic heterocycles. The van der Waals surface area contributed by atoms with Crippen molar-refractivity contribution in [1.82, 2.24) is 9.80 Å². The van der Waals surface area contributed by atoms with Crippen molar-refractivity contribution in [1.29, 1.82) is 0 Å². The Morgan fingerprint density at radius 1 is 1.29 bits per heavy atom. The molecule has 24 heavy (non-hydrogen) atoms. The molecule has 1 aliphatic carbocycles. The van der Waals surface area contributed by atoms with E-state index in [0.29, 0.717) is 0 Å². The zero-order chi connectivity index (χ0) is 16.5. The quantitative estimate of drug-likeness (QED) is 0.829. The number of aryl methyl sites for hydroxylation is 1. The highest BCUT2D eigenvalue weighted by Crippen LogP contribution is 2.32. The largest absolute Gasteiger partial charge is 0.335 e. The van der Waals surface area contributed by atoms with Crippen LogP contribution in [0.25, 0.3) is 0 Å². The Hall–Kier alpha value is -1.17. The van der Waals surface area contributed by atoms with Gasteiger partial charge in [-0.25, -0.2) is 0 Å². The van der Waals surface area contributed by atoms with Gasteiger partial charge in [-0.15, -0.1) is 22.7 Å². The van der Waals surface area contributed by atoms with E-state index in [0.717, 1.165) is 56.4 Å². The number of hydrogen-bond acceptors (Lipinski definition) is 4. The lowest BCUT2D eigenvalue weighted by Crippen LogP contribution is -2.48. The number of amides is 1. The summed E-state index contributed by atoms with van der Waals surface area (Å²) in [6.45, 7) is 6.99. The van der Waals surface area contributed by atoms with Crippen LogP contribution in [0, 0.1) is 5.92 Å². The van der Waals surface area contributed by atoms with Crippen LogP contribution in [0.5, 0.6) is 0 Å². The van der Waals surface area contributed by atoms with Gasteiger partial charge in [0, 0.05) is 42.5 Å². The number of piperazine rings is 1. The summed E-state index contributed by atoms with van der Waals surface area (Å²) in [4.78, 5) is 21.2. The van der Waals surface area contributed by atoms with Crippen LogP contribution < -0.4 is 0 Å². The van der Waals surface area contributed by atoms with Crippen LogP contribution in [0.4, 0.5) is 0 Å². The number of carbonyl (C=O) groups excluding carboxylic acids is 1. The zero-order valence-corrected chi connectivity index (χ0v) is 15.8. The maximum absolute atomic E-state index is 12.8. The monoisotopic (exact) mass is 360 g/mol. The highest BCUT2D eigenvalue weighted by atomic mass is 32.1. The van der Waals surface area contributed by atoms with E-state index in [2.05, 4.69) is 35.4 Å². The lowest BCUT2D eigenvalue weighted by Gasteiger charge is -2.34. The average Bonchev–Trinajstić information content (AvgIpc) is 3.24. The predicted molar refractivity (Wildman–Crippen MR) is 101 cm³/mol. The normalized spacial score (nSPS) is 21.7. The molecule has 3 heterocycles. The van der Waals surface area contributed by atoms with Crippen molar-refractivity contribution in [3.8, 4) is 0 Å². The van der Waals surface area contributed by atoms with E-state index in [9.17, 15) is 4.79 Å². The first-order valence-electron chi connectivity index (χ1n) is 8.84. The molecule has 128 valence electrons. The summed E-state index contributed by atoms with van der Waals surface area (Å²) >= 11 is 3.56. The van der Waals surface area contributed by atoms with Crippen LogP contribution >= 0.6 is 22.7 Å². The molecule has 0 N–H and O–H groups in total. The fourth-order valence-electron chi connectivity index (χ4n) is 3.70. The molecule has 2 aromatic rings. The van der Waals surface area contributed by atoms with Gasteiger partial charge in [0.25, 0.3) is 5.91 Å². The van der Waals surface area contributed by atoms with Gasteiger partial charge in [-0.05, 0) is 48.3 Å². The molecule has 1 atom stereocenters. The Kier molecular flexibility index (Phi) is 4.74. The standard InChI is InChI=1S/C19H24N2OS2/c1-14-4-5-17-15(11-14)12-18(24-17)19(22)21-8-6-20(7-9-21)13-16-3-2-10-23-16/h2-3,10,12,14H,4-9,11,13H2,1H3/t14-/m1/s1. The van der Waals surface area contributed by atoms with Crippen LogP contribution in [0.2, 0.25) is 0 Å². The third kappa shape index (κ3) is 3.44. The number of fused-ring (bicyclic) bond motifs is 1. The summed E-state index contributed by atoms with van der Waals surface area (Å²) in [5.74, 6) is 1.01. The molecule has 1 aliphatic heterocycles. The molecule has 3 nitrogen and oxygen atoms in total. The van der Waals surface area contributed by atoms with E-state index in [-0.39, 0.29) is 5.91 Å². The van der Waals surface area contributed by atoms with Gasteiger partial charge in [0.1, 0.15) is 0 Å². The molecule has 0 saturated carbocycles. The van der Waals surface area contributed by atoms with Crippen LogP contribution in [0.1, 0.15) is 38.3 Å². The molecule has 1 amide bonds. The highest BCUT2D eigenvalue weighted by molar-refractivity contribution is 7.14. The van der Waals surface area contributed by atoms with Gasteiger partial charge in [-0.2, -0.15) is 0 Å². The van der Waals surface area contributed by atoms with Crippen molar-refractivity contribution in [3.63, 3.8) is 0 Å². The molecule has 2 aliphatic rings. The molecule has 0 radical (unpaired) electrons. The molecule has 5 heteroatoms. The van der Waals surface area contributed by atoms with Crippen molar-refractivity contribution in [2.24, 2.45) is 5.92 Å². The predicted octanol–water partition coefficient (Wildman–Crippen LogP) is 3.89. The maximum Gasteiger partial charge on any atom is 0.264 e. The minimum absolute atomic E-state index is 0.248. The molecule has 0 aromatic carbocycles. The number of nitrogens with zero attached hydrogens (tertiary/aromatic N) is 2. The molecule has 0 unspecified atom stereocenters. The Morgan fingerprint density at radius 3 is 2.88 bits per heavy atom. The first kappa shape index (κ1) is 16.3. The first-order valence-corrected chi connectivity index (χ1v) is 10.5. The van der Waals surface area contributed by atoms with Crippen molar-refractivity contribution in [2.45, 2.75) is 32.7 Å². The SMILES string of the molecule is C[C@@H]1CCc2sc(C(=O)N3CCN(Cc4cccs4)CC3)cc2C1. The van der Waals surface area contributed by atoms with Crippen molar-refractivity contribution in [2.75, 3.05) is 26.2 Å². The molecule has 1 fully saturated rings. The third-order valence-electron chi connectivity index (χ3n) is 5.16. The minimum Gasteiger partial charge on any atom is -0.335 e. The van der Waals surface area contributed by atoms with Crippen LogP contribution in [-0.4, -0.2) is 41.9 Å². The van der Waals surface area contributed by atoms with E-state index in [4.69, 9.17) is 0 Å². The van der Waals surface area contributed by atoms with Crippen molar-refractivity contribution in [3.05, 3.63) is 43.8 Å². The second kappa shape index (κ2) is 6.98. The average molecular weight is 361 g/mol. The molecule has 0 bridgehead atoms. The molecule has 1 saturated heterocycles. The Morgan fingerprint density at radius 2 is 2.12 bits per heavy atom. The fraction of sp³-hybridized carbons (Fsp3) is 0.526. The lowest BCUT2D eigenvalue weighted by atomic mass is 9.90. The van der Waals surface area contributed by atoms with Crippen LogP contribution in [-0.2, 0) is 19.4 Å². The van der Waals surface area contributed by atoms with Gasteiger partial charge in [0.05, 0.1) is 4.88 Å². The lowest BCUT2D eigenvalue weighted by molar-refractivity contribution is 0.0634. The van der Waals surface area contributed by atoms with E-state index in [1.807, 2.05) is 16.2 Å². The third-order valence-corrected chi connectivity index (χ3v) is 7.25. The summed E-state index contributed by atoms with van der Waals surface area (Å²) < 4.78 is 0. The van der Waals surface area contributed by atoms with Crippen molar-refractivity contribution >= 4 is 28.6 Å². The maximum atomic E-state index is 12.8. The highest BCUT2D eigenvalue weighted by Gasteiger charge is 2.26. The topological polar surface area (TPSA) is 23.6 Å². The first-order chi connectivity index (χ1) is 11.7. The number of carbonyl (C=O) groups is 1. The van der Waals surface area contributed by atoms with E-state index >= 15 is 0 Å². The van der Waals surface area contributed by atoms with Crippen molar-refractivity contribution < 1.29 is 4.79 Å². The van der Waals surface area contributed by atoms with Gasteiger partial charge >= 0.3 is 0 Å². The molecular weight excluding hydrogens is 336 g/mol. The second-order valence-corrected chi connectivity index (χ2v) is 9.22. The van der Waals surface area contributed by atoms with E-state index < -0.39 is 0 Å². The Balaban J connectivity index is 1.36. The fourth-order valence-corrected chi connectivity index (χ4v) is 5.62. The minimum atomic E-state index is 0.248. The Bertz CT molecular complexity index is 699. The van der Waals surface area contributed by atoms with Gasteiger partial charge in [0.15, 0.2) is 0 Å². The smallest absolute Gasteiger partial charge is 0.264 e. The van der Waals surface area contributed by atoms with Crippen LogP contribution in [0.3, 0.4) is 0 Å². The second-order valence-electron chi connectivity index (χ2n) is 7.05.